The molecule has 0 spiro atoms. The first-order valence-electron chi connectivity index (χ1n) is 7.48. The van der Waals surface area contributed by atoms with Gasteiger partial charge in [-0.2, -0.15) is 0 Å². The largest absolute Gasteiger partial charge is 0.445 e. The van der Waals surface area contributed by atoms with Crippen molar-refractivity contribution in [1.29, 1.82) is 0 Å². The predicted octanol–water partition coefficient (Wildman–Crippen LogP) is 3.96. The zero-order valence-electron chi connectivity index (χ0n) is 12.4. The number of carbonyl (C=O) groups is 1. The van der Waals surface area contributed by atoms with E-state index < -0.39 is 0 Å². The molecule has 0 aromatic heterocycles. The smallest absolute Gasteiger partial charge is 0.410 e. The van der Waals surface area contributed by atoms with Gasteiger partial charge in [-0.05, 0) is 23.1 Å². The second-order valence-electron chi connectivity index (χ2n) is 5.32. The highest BCUT2D eigenvalue weighted by Gasteiger charge is 2.32. The maximum Gasteiger partial charge on any atom is 0.410 e. The summed E-state index contributed by atoms with van der Waals surface area (Å²) in [6.45, 7) is 4.49. The van der Waals surface area contributed by atoms with Crippen LogP contribution in [0.3, 0.4) is 0 Å². The molecule has 0 saturated heterocycles. The highest BCUT2D eigenvalue weighted by molar-refractivity contribution is 5.70. The SMILES string of the molecule is C=CCOC(=O)N1CCc2ccccc2C1c1ccccc1. The standard InChI is InChI=1S/C19H19NO2/c1-2-14-22-19(21)20-13-12-15-8-6-7-11-17(15)18(20)16-9-4-3-5-10-16/h2-11,18H,1,12-14H2. The summed E-state index contributed by atoms with van der Waals surface area (Å²) < 4.78 is 5.27. The average molecular weight is 293 g/mol. The maximum absolute atomic E-state index is 12.4. The number of ether oxygens (including phenoxy) is 1. The summed E-state index contributed by atoms with van der Waals surface area (Å²) in [6, 6.07) is 18.3. The fraction of sp³-hybridized carbons (Fsp3) is 0.211. The Morgan fingerprint density at radius 1 is 1.18 bits per heavy atom. The molecule has 0 fully saturated rings. The molecule has 0 aliphatic carbocycles. The zero-order chi connectivity index (χ0) is 15.4. The first-order chi connectivity index (χ1) is 10.8. The minimum absolute atomic E-state index is 0.0940. The molecule has 1 aliphatic rings. The van der Waals surface area contributed by atoms with Gasteiger partial charge in [0.05, 0.1) is 6.04 Å². The van der Waals surface area contributed by atoms with E-state index in [2.05, 4.69) is 30.8 Å². The van der Waals surface area contributed by atoms with Crippen molar-refractivity contribution in [3.63, 3.8) is 0 Å². The molecule has 112 valence electrons. The van der Waals surface area contributed by atoms with Gasteiger partial charge in [-0.1, -0.05) is 67.3 Å². The first-order valence-corrected chi connectivity index (χ1v) is 7.48. The van der Waals surface area contributed by atoms with Crippen molar-refractivity contribution in [2.75, 3.05) is 13.2 Å². The number of hydrogen-bond acceptors (Lipinski definition) is 2. The molecular weight excluding hydrogens is 274 g/mol. The predicted molar refractivity (Wildman–Crippen MR) is 86.7 cm³/mol. The van der Waals surface area contributed by atoms with E-state index in [9.17, 15) is 4.79 Å². The summed E-state index contributed by atoms with van der Waals surface area (Å²) in [6.07, 6.45) is 2.15. The van der Waals surface area contributed by atoms with E-state index in [-0.39, 0.29) is 18.7 Å². The minimum Gasteiger partial charge on any atom is -0.445 e. The molecule has 2 aromatic rings. The van der Waals surface area contributed by atoms with Gasteiger partial charge in [0, 0.05) is 6.54 Å². The second kappa shape index (κ2) is 6.48. The molecule has 1 amide bonds. The van der Waals surface area contributed by atoms with Crippen LogP contribution in [-0.4, -0.2) is 24.1 Å². The molecule has 2 aromatic carbocycles. The van der Waals surface area contributed by atoms with Crippen LogP contribution in [0.15, 0.2) is 67.3 Å². The number of carbonyl (C=O) groups excluding carboxylic acids is 1. The van der Waals surface area contributed by atoms with Gasteiger partial charge in [-0.15, -0.1) is 0 Å². The number of fused-ring (bicyclic) bond motifs is 1. The van der Waals surface area contributed by atoms with Crippen LogP contribution < -0.4 is 0 Å². The van der Waals surface area contributed by atoms with Gasteiger partial charge in [-0.25, -0.2) is 4.79 Å². The van der Waals surface area contributed by atoms with E-state index in [1.807, 2.05) is 30.3 Å². The first kappa shape index (κ1) is 14.4. The lowest BCUT2D eigenvalue weighted by molar-refractivity contribution is 0.0985. The Bertz CT molecular complexity index is 666. The lowest BCUT2D eigenvalue weighted by Gasteiger charge is -2.36. The summed E-state index contributed by atoms with van der Waals surface area (Å²) in [5.41, 5.74) is 3.57. The van der Waals surface area contributed by atoms with Crippen LogP contribution in [0, 0.1) is 0 Å². The molecule has 3 nitrogen and oxygen atoms in total. The summed E-state index contributed by atoms with van der Waals surface area (Å²) in [5.74, 6) is 0. The molecule has 0 saturated carbocycles. The summed E-state index contributed by atoms with van der Waals surface area (Å²) in [5, 5.41) is 0. The van der Waals surface area contributed by atoms with Crippen LogP contribution in [0.2, 0.25) is 0 Å². The zero-order valence-corrected chi connectivity index (χ0v) is 12.4. The Balaban J connectivity index is 2.00. The summed E-state index contributed by atoms with van der Waals surface area (Å²) >= 11 is 0. The molecular formula is C19H19NO2. The van der Waals surface area contributed by atoms with E-state index >= 15 is 0 Å². The third-order valence-corrected chi connectivity index (χ3v) is 3.96. The van der Waals surface area contributed by atoms with Gasteiger partial charge in [0.25, 0.3) is 0 Å². The number of hydrogen-bond donors (Lipinski definition) is 0. The van der Waals surface area contributed by atoms with Gasteiger partial charge in [0.1, 0.15) is 6.61 Å². The fourth-order valence-electron chi connectivity index (χ4n) is 2.97. The van der Waals surface area contributed by atoms with Crippen molar-refractivity contribution in [1.82, 2.24) is 4.90 Å². The average Bonchev–Trinajstić information content (AvgIpc) is 2.59. The van der Waals surface area contributed by atoms with Crippen molar-refractivity contribution >= 4 is 6.09 Å². The lowest BCUT2D eigenvalue weighted by Crippen LogP contribution is -2.40. The molecule has 1 heterocycles. The van der Waals surface area contributed by atoms with Gasteiger partial charge in [0.15, 0.2) is 0 Å². The lowest BCUT2D eigenvalue weighted by atomic mass is 9.88. The van der Waals surface area contributed by atoms with E-state index in [1.165, 1.54) is 11.1 Å². The minimum atomic E-state index is -0.289. The van der Waals surface area contributed by atoms with E-state index in [0.717, 1.165) is 12.0 Å². The summed E-state index contributed by atoms with van der Waals surface area (Å²) in [4.78, 5) is 14.2. The monoisotopic (exact) mass is 293 g/mol. The molecule has 0 bridgehead atoms. The topological polar surface area (TPSA) is 29.5 Å². The molecule has 0 N–H and O–H groups in total. The molecule has 3 rings (SSSR count). The molecule has 1 atom stereocenters. The van der Waals surface area contributed by atoms with Gasteiger partial charge in [0.2, 0.25) is 0 Å². The third-order valence-electron chi connectivity index (χ3n) is 3.96. The Morgan fingerprint density at radius 3 is 2.68 bits per heavy atom. The van der Waals surface area contributed by atoms with Crippen LogP contribution in [0.1, 0.15) is 22.7 Å². The Kier molecular flexibility index (Phi) is 4.24. The van der Waals surface area contributed by atoms with Crippen LogP contribution in [0.5, 0.6) is 0 Å². The van der Waals surface area contributed by atoms with Crippen molar-refractivity contribution < 1.29 is 9.53 Å². The van der Waals surface area contributed by atoms with Crippen LogP contribution in [0.25, 0.3) is 0 Å². The van der Waals surface area contributed by atoms with Crippen molar-refractivity contribution in [2.45, 2.75) is 12.5 Å². The Hall–Kier alpha value is -2.55. The normalized spacial score (nSPS) is 16.7. The Morgan fingerprint density at radius 2 is 1.91 bits per heavy atom. The van der Waals surface area contributed by atoms with E-state index in [0.29, 0.717) is 6.54 Å². The van der Waals surface area contributed by atoms with Crippen LogP contribution >= 0.6 is 0 Å². The quantitative estimate of drug-likeness (QED) is 0.802. The third kappa shape index (κ3) is 2.75. The van der Waals surface area contributed by atoms with E-state index in [4.69, 9.17) is 4.74 Å². The fourth-order valence-corrected chi connectivity index (χ4v) is 2.97. The molecule has 0 radical (unpaired) electrons. The number of amides is 1. The molecule has 22 heavy (non-hydrogen) atoms. The second-order valence-corrected chi connectivity index (χ2v) is 5.32. The summed E-state index contributed by atoms with van der Waals surface area (Å²) in [7, 11) is 0. The number of nitrogens with zero attached hydrogens (tertiary/aromatic N) is 1. The molecule has 1 aliphatic heterocycles. The van der Waals surface area contributed by atoms with Gasteiger partial charge >= 0.3 is 6.09 Å². The van der Waals surface area contributed by atoms with Crippen LogP contribution in [0.4, 0.5) is 4.79 Å². The number of rotatable bonds is 3. The highest BCUT2D eigenvalue weighted by Crippen LogP contribution is 2.35. The Labute approximate surface area is 130 Å². The van der Waals surface area contributed by atoms with Gasteiger partial charge in [-0.3, -0.25) is 4.90 Å². The van der Waals surface area contributed by atoms with Gasteiger partial charge < -0.3 is 4.74 Å². The molecule has 3 heteroatoms. The maximum atomic E-state index is 12.4. The van der Waals surface area contributed by atoms with Crippen molar-refractivity contribution in [2.24, 2.45) is 0 Å². The van der Waals surface area contributed by atoms with Crippen LogP contribution in [-0.2, 0) is 11.2 Å². The molecule has 1 unspecified atom stereocenters. The van der Waals surface area contributed by atoms with Crippen molar-refractivity contribution in [3.05, 3.63) is 83.9 Å². The van der Waals surface area contributed by atoms with Crippen molar-refractivity contribution in [3.8, 4) is 0 Å². The van der Waals surface area contributed by atoms with E-state index in [1.54, 1.807) is 11.0 Å². The highest BCUT2D eigenvalue weighted by atomic mass is 16.6. The number of benzene rings is 2.